The number of methoxy groups -OCH3 is 3. The number of ether oxygens (including phenoxy) is 4. The molecule has 7 nitrogen and oxygen atoms in total. The molecule has 3 aromatic carbocycles. The van der Waals surface area contributed by atoms with E-state index >= 15 is 0 Å². The van der Waals surface area contributed by atoms with Gasteiger partial charge in [0, 0.05) is 12.1 Å². The lowest BCUT2D eigenvalue weighted by atomic mass is 10.0. The van der Waals surface area contributed by atoms with Crippen molar-refractivity contribution in [1.29, 1.82) is 0 Å². The molecular formula is C29H34N2O5. The summed E-state index contributed by atoms with van der Waals surface area (Å²) in [6, 6.07) is 21.4. The summed E-state index contributed by atoms with van der Waals surface area (Å²) in [4.78, 5) is 15.6. The zero-order chi connectivity index (χ0) is 25.3. The van der Waals surface area contributed by atoms with Gasteiger partial charge in [-0.1, -0.05) is 42.5 Å². The molecule has 0 aromatic heterocycles. The smallest absolute Gasteiger partial charge is 0.251 e. The van der Waals surface area contributed by atoms with Crippen molar-refractivity contribution in [2.24, 2.45) is 0 Å². The molecule has 4 rings (SSSR count). The van der Waals surface area contributed by atoms with E-state index in [1.165, 1.54) is 12.8 Å². The van der Waals surface area contributed by atoms with Gasteiger partial charge in [-0.05, 0) is 61.3 Å². The Labute approximate surface area is 212 Å². The zero-order valence-corrected chi connectivity index (χ0v) is 21.2. The molecule has 0 spiro atoms. The van der Waals surface area contributed by atoms with E-state index < -0.39 is 0 Å². The number of carbonyl (C=O) groups excluding carboxylic acids is 1. The van der Waals surface area contributed by atoms with Crippen molar-refractivity contribution in [3.05, 3.63) is 83.4 Å². The third kappa shape index (κ3) is 6.10. The first kappa shape index (κ1) is 25.4. The molecule has 190 valence electrons. The summed E-state index contributed by atoms with van der Waals surface area (Å²) in [5, 5.41) is 3.12. The predicted molar refractivity (Wildman–Crippen MR) is 139 cm³/mol. The number of hydrogen-bond acceptors (Lipinski definition) is 6. The molecule has 0 aliphatic carbocycles. The van der Waals surface area contributed by atoms with Crippen molar-refractivity contribution in [2.75, 3.05) is 41.0 Å². The molecule has 1 amide bonds. The molecule has 0 radical (unpaired) electrons. The second-order valence-electron chi connectivity index (χ2n) is 8.73. The summed E-state index contributed by atoms with van der Waals surface area (Å²) in [5.74, 6) is 1.98. The monoisotopic (exact) mass is 490 g/mol. The van der Waals surface area contributed by atoms with Gasteiger partial charge in [0.25, 0.3) is 5.91 Å². The standard InChI is InChI=1S/C29H34N2O5/c1-33-24-13-11-22(12-14-24)25(31-15-7-8-16-31)19-30-29(32)23-17-26(34-2)28(27(18-23)35-3)36-20-21-9-5-4-6-10-21/h4-6,9-14,17-18,25H,7-8,15-16,19-20H2,1-3H3,(H,30,32). The second-order valence-corrected chi connectivity index (χ2v) is 8.73. The van der Waals surface area contributed by atoms with Crippen LogP contribution in [0.3, 0.4) is 0 Å². The number of hydrogen-bond donors (Lipinski definition) is 1. The Morgan fingerprint density at radius 3 is 2.11 bits per heavy atom. The topological polar surface area (TPSA) is 69.3 Å². The zero-order valence-electron chi connectivity index (χ0n) is 21.2. The van der Waals surface area contributed by atoms with Gasteiger partial charge in [-0.15, -0.1) is 0 Å². The quantitative estimate of drug-likeness (QED) is 0.414. The maximum atomic E-state index is 13.2. The van der Waals surface area contributed by atoms with Crippen LogP contribution in [0, 0.1) is 0 Å². The average molecular weight is 491 g/mol. The molecule has 1 aliphatic heterocycles. The summed E-state index contributed by atoms with van der Waals surface area (Å²) >= 11 is 0. The molecule has 1 N–H and O–H groups in total. The third-order valence-corrected chi connectivity index (χ3v) is 6.49. The lowest BCUT2D eigenvalue weighted by Crippen LogP contribution is -2.36. The Hall–Kier alpha value is -3.71. The Morgan fingerprint density at radius 1 is 0.889 bits per heavy atom. The van der Waals surface area contributed by atoms with Crippen LogP contribution in [0.2, 0.25) is 0 Å². The highest BCUT2D eigenvalue weighted by Crippen LogP contribution is 2.39. The molecule has 1 saturated heterocycles. The maximum absolute atomic E-state index is 13.2. The molecule has 1 aliphatic rings. The third-order valence-electron chi connectivity index (χ3n) is 6.49. The fraction of sp³-hybridized carbons (Fsp3) is 0.345. The van der Waals surface area contributed by atoms with Crippen LogP contribution in [-0.4, -0.2) is 51.8 Å². The lowest BCUT2D eigenvalue weighted by Gasteiger charge is -2.28. The fourth-order valence-corrected chi connectivity index (χ4v) is 4.51. The predicted octanol–water partition coefficient (Wildman–Crippen LogP) is 4.86. The Morgan fingerprint density at radius 2 is 1.53 bits per heavy atom. The highest BCUT2D eigenvalue weighted by Gasteiger charge is 2.25. The molecule has 7 heteroatoms. The lowest BCUT2D eigenvalue weighted by molar-refractivity contribution is 0.0937. The number of nitrogens with one attached hydrogen (secondary N) is 1. The number of rotatable bonds is 11. The van der Waals surface area contributed by atoms with Crippen LogP contribution in [0.1, 0.15) is 40.4 Å². The first-order valence-corrected chi connectivity index (χ1v) is 12.2. The molecule has 0 bridgehead atoms. The molecule has 1 heterocycles. The molecule has 36 heavy (non-hydrogen) atoms. The van der Waals surface area contributed by atoms with Crippen LogP contribution in [0.25, 0.3) is 0 Å². The van der Waals surface area contributed by atoms with Crippen molar-refractivity contribution in [3.8, 4) is 23.0 Å². The Bertz CT molecular complexity index is 1100. The van der Waals surface area contributed by atoms with Gasteiger partial charge in [-0.2, -0.15) is 0 Å². The van der Waals surface area contributed by atoms with Crippen LogP contribution < -0.4 is 24.3 Å². The number of carbonyl (C=O) groups is 1. The van der Waals surface area contributed by atoms with Gasteiger partial charge < -0.3 is 24.3 Å². The highest BCUT2D eigenvalue weighted by atomic mass is 16.5. The van der Waals surface area contributed by atoms with E-state index in [0.717, 1.165) is 30.0 Å². The van der Waals surface area contributed by atoms with E-state index in [4.69, 9.17) is 18.9 Å². The van der Waals surface area contributed by atoms with Crippen LogP contribution in [0.5, 0.6) is 23.0 Å². The molecule has 3 aromatic rings. The summed E-state index contributed by atoms with van der Waals surface area (Å²) in [7, 11) is 4.77. The molecule has 1 atom stereocenters. The first-order valence-electron chi connectivity index (χ1n) is 12.2. The normalized spacial score (nSPS) is 14.2. The van der Waals surface area contributed by atoms with E-state index in [0.29, 0.717) is 36.0 Å². The van der Waals surface area contributed by atoms with Crippen LogP contribution in [0.4, 0.5) is 0 Å². The van der Waals surface area contributed by atoms with Gasteiger partial charge in [0.1, 0.15) is 12.4 Å². The van der Waals surface area contributed by atoms with E-state index in [9.17, 15) is 4.79 Å². The minimum Gasteiger partial charge on any atom is -0.497 e. The number of nitrogens with zero attached hydrogens (tertiary/aromatic N) is 1. The van der Waals surface area contributed by atoms with Crippen molar-refractivity contribution >= 4 is 5.91 Å². The minimum atomic E-state index is -0.195. The van der Waals surface area contributed by atoms with Gasteiger partial charge >= 0.3 is 0 Å². The number of likely N-dealkylation sites (tertiary alicyclic amines) is 1. The van der Waals surface area contributed by atoms with Crippen molar-refractivity contribution < 1.29 is 23.7 Å². The van der Waals surface area contributed by atoms with E-state index in [1.54, 1.807) is 33.5 Å². The van der Waals surface area contributed by atoms with Gasteiger partial charge in [0.05, 0.1) is 27.4 Å². The van der Waals surface area contributed by atoms with E-state index in [1.807, 2.05) is 42.5 Å². The van der Waals surface area contributed by atoms with E-state index in [2.05, 4.69) is 22.3 Å². The van der Waals surface area contributed by atoms with Gasteiger partial charge in [-0.25, -0.2) is 0 Å². The fourth-order valence-electron chi connectivity index (χ4n) is 4.51. The second kappa shape index (κ2) is 12.3. The number of amides is 1. The highest BCUT2D eigenvalue weighted by molar-refractivity contribution is 5.95. The van der Waals surface area contributed by atoms with Crippen LogP contribution in [0.15, 0.2) is 66.7 Å². The summed E-state index contributed by atoms with van der Waals surface area (Å²) in [5.41, 5.74) is 2.62. The van der Waals surface area contributed by atoms with Crippen LogP contribution in [-0.2, 0) is 6.61 Å². The molecule has 1 unspecified atom stereocenters. The van der Waals surface area contributed by atoms with Gasteiger partial charge in [0.2, 0.25) is 5.75 Å². The summed E-state index contributed by atoms with van der Waals surface area (Å²) in [6.45, 7) is 2.88. The Balaban J connectivity index is 1.49. The molecule has 1 fully saturated rings. The Kier molecular flexibility index (Phi) is 8.68. The van der Waals surface area contributed by atoms with Gasteiger partial charge in [0.15, 0.2) is 11.5 Å². The summed E-state index contributed by atoms with van der Waals surface area (Å²) in [6.07, 6.45) is 2.33. The largest absolute Gasteiger partial charge is 0.497 e. The number of benzene rings is 3. The molecular weight excluding hydrogens is 456 g/mol. The maximum Gasteiger partial charge on any atom is 0.251 e. The van der Waals surface area contributed by atoms with Crippen LogP contribution >= 0.6 is 0 Å². The van der Waals surface area contributed by atoms with Crippen molar-refractivity contribution in [2.45, 2.75) is 25.5 Å². The van der Waals surface area contributed by atoms with E-state index in [-0.39, 0.29) is 11.9 Å². The van der Waals surface area contributed by atoms with Gasteiger partial charge in [-0.3, -0.25) is 9.69 Å². The van der Waals surface area contributed by atoms with Crippen molar-refractivity contribution in [3.63, 3.8) is 0 Å². The first-order chi connectivity index (χ1) is 17.6. The summed E-state index contributed by atoms with van der Waals surface area (Å²) < 4.78 is 22.4. The average Bonchev–Trinajstić information content (AvgIpc) is 3.47. The molecule has 0 saturated carbocycles. The van der Waals surface area contributed by atoms with Crippen molar-refractivity contribution in [1.82, 2.24) is 10.2 Å². The SMILES string of the molecule is COc1ccc(C(CNC(=O)c2cc(OC)c(OCc3ccccc3)c(OC)c2)N2CCCC2)cc1. The minimum absolute atomic E-state index is 0.0830.